The predicted molar refractivity (Wildman–Crippen MR) is 114 cm³/mol. The molecule has 1 saturated heterocycles. The Morgan fingerprint density at radius 1 is 0.903 bits per heavy atom. The zero-order valence-electron chi connectivity index (χ0n) is 16.4. The second-order valence-electron chi connectivity index (χ2n) is 6.96. The maximum Gasteiger partial charge on any atom is 0.446 e. The number of thioether (sulfide) groups is 1. The summed E-state index contributed by atoms with van der Waals surface area (Å²) in [5.41, 5.74) is -3.03. The minimum atomic E-state index is -4.34. The van der Waals surface area contributed by atoms with Crippen LogP contribution in [0.4, 0.5) is 19.0 Å². The Hall–Kier alpha value is -3.07. The quantitative estimate of drug-likeness (QED) is 0.545. The fourth-order valence-corrected chi connectivity index (χ4v) is 3.91. The van der Waals surface area contributed by atoms with Gasteiger partial charge in [0.25, 0.3) is 5.91 Å². The molecule has 3 aromatic rings. The Morgan fingerprint density at radius 2 is 1.58 bits per heavy atom. The van der Waals surface area contributed by atoms with Gasteiger partial charge in [-0.15, -0.1) is 0 Å². The van der Waals surface area contributed by atoms with Gasteiger partial charge in [-0.05, 0) is 42.1 Å². The van der Waals surface area contributed by atoms with E-state index in [0.29, 0.717) is 37.6 Å². The van der Waals surface area contributed by atoms with Crippen LogP contribution >= 0.6 is 11.8 Å². The summed E-state index contributed by atoms with van der Waals surface area (Å²) in [5, 5.41) is 0. The maximum absolute atomic E-state index is 12.7. The van der Waals surface area contributed by atoms with Crippen LogP contribution in [-0.2, 0) is 0 Å². The summed E-state index contributed by atoms with van der Waals surface area (Å²) < 4.78 is 37.4. The average Bonchev–Trinajstić information content (AvgIpc) is 2.79. The summed E-state index contributed by atoms with van der Waals surface area (Å²) in [6.07, 6.45) is 1.72. The first kappa shape index (κ1) is 21.2. The van der Waals surface area contributed by atoms with Crippen LogP contribution in [0, 0.1) is 0 Å². The van der Waals surface area contributed by atoms with Gasteiger partial charge in [-0.1, -0.05) is 30.3 Å². The molecule has 0 unspecified atom stereocenters. The van der Waals surface area contributed by atoms with Gasteiger partial charge in [-0.2, -0.15) is 13.2 Å². The van der Waals surface area contributed by atoms with Gasteiger partial charge in [-0.25, -0.2) is 9.97 Å². The first-order chi connectivity index (χ1) is 14.9. The van der Waals surface area contributed by atoms with Crippen LogP contribution in [0.5, 0.6) is 0 Å². The molecule has 0 atom stereocenters. The standard InChI is InChI=1S/C22H19F3N4OS/c23-22(24,25)31-18-8-6-17(7-9-18)21(30)29-14-12-28(13-15-29)19-10-11-26-20(27-19)16-4-2-1-3-5-16/h1-11H,12-15H2. The number of halogens is 3. The Labute approximate surface area is 181 Å². The summed E-state index contributed by atoms with van der Waals surface area (Å²) in [5.74, 6) is 1.26. The molecule has 0 bridgehead atoms. The molecule has 0 N–H and O–H groups in total. The van der Waals surface area contributed by atoms with E-state index < -0.39 is 5.51 Å². The molecule has 2 aromatic carbocycles. The number of piperazine rings is 1. The number of aromatic nitrogens is 2. The largest absolute Gasteiger partial charge is 0.446 e. The van der Waals surface area contributed by atoms with E-state index >= 15 is 0 Å². The van der Waals surface area contributed by atoms with Crippen molar-refractivity contribution in [1.29, 1.82) is 0 Å². The number of carbonyl (C=O) groups is 1. The number of hydrogen-bond acceptors (Lipinski definition) is 5. The molecule has 1 aliphatic heterocycles. The highest BCUT2D eigenvalue weighted by Crippen LogP contribution is 2.36. The molecule has 5 nitrogen and oxygen atoms in total. The zero-order valence-corrected chi connectivity index (χ0v) is 17.2. The van der Waals surface area contributed by atoms with Crippen LogP contribution < -0.4 is 4.90 Å². The fraction of sp³-hybridized carbons (Fsp3) is 0.227. The van der Waals surface area contributed by atoms with E-state index in [4.69, 9.17) is 0 Å². The minimum absolute atomic E-state index is 0.0619. The molecule has 9 heteroatoms. The molecule has 0 saturated carbocycles. The van der Waals surface area contributed by atoms with Gasteiger partial charge in [-0.3, -0.25) is 4.79 Å². The molecular formula is C22H19F3N4OS. The van der Waals surface area contributed by atoms with E-state index in [1.54, 1.807) is 11.1 Å². The molecule has 31 heavy (non-hydrogen) atoms. The fourth-order valence-electron chi connectivity index (χ4n) is 3.37. The summed E-state index contributed by atoms with van der Waals surface area (Å²) in [4.78, 5) is 25.6. The Kier molecular flexibility index (Phi) is 6.13. The summed E-state index contributed by atoms with van der Waals surface area (Å²) in [6, 6.07) is 17.1. The normalized spacial score (nSPS) is 14.5. The number of hydrogen-bond donors (Lipinski definition) is 0. The number of rotatable bonds is 4. The zero-order chi connectivity index (χ0) is 21.8. The van der Waals surface area contributed by atoms with E-state index in [1.165, 1.54) is 24.3 Å². The molecule has 160 valence electrons. The van der Waals surface area contributed by atoms with Crippen LogP contribution in [0.1, 0.15) is 10.4 Å². The third-order valence-electron chi connectivity index (χ3n) is 4.90. The number of amides is 1. The molecule has 1 aliphatic rings. The average molecular weight is 444 g/mol. The van der Waals surface area contributed by atoms with Gasteiger partial charge >= 0.3 is 5.51 Å². The van der Waals surface area contributed by atoms with E-state index in [1.807, 2.05) is 36.4 Å². The molecule has 1 aromatic heterocycles. The van der Waals surface area contributed by atoms with Gasteiger partial charge in [0, 0.05) is 48.4 Å². The lowest BCUT2D eigenvalue weighted by Gasteiger charge is -2.35. The Balaban J connectivity index is 1.38. The topological polar surface area (TPSA) is 49.3 Å². The number of alkyl halides is 3. The second-order valence-corrected chi connectivity index (χ2v) is 8.09. The van der Waals surface area contributed by atoms with Crippen molar-refractivity contribution in [3.63, 3.8) is 0 Å². The van der Waals surface area contributed by atoms with Crippen molar-refractivity contribution in [3.05, 3.63) is 72.4 Å². The summed E-state index contributed by atoms with van der Waals surface area (Å²) in [7, 11) is 0. The highest BCUT2D eigenvalue weighted by Gasteiger charge is 2.29. The van der Waals surface area contributed by atoms with Gasteiger partial charge in [0.05, 0.1) is 0 Å². The molecule has 0 radical (unpaired) electrons. The third-order valence-corrected chi connectivity index (χ3v) is 5.64. The first-order valence-corrected chi connectivity index (χ1v) is 10.5. The monoisotopic (exact) mass is 444 g/mol. The summed E-state index contributed by atoms with van der Waals surface area (Å²) >= 11 is -0.190. The highest BCUT2D eigenvalue weighted by atomic mass is 32.2. The highest BCUT2D eigenvalue weighted by molar-refractivity contribution is 8.00. The molecule has 0 aliphatic carbocycles. The van der Waals surface area contributed by atoms with Crippen molar-refractivity contribution in [1.82, 2.24) is 14.9 Å². The van der Waals surface area contributed by atoms with Crippen molar-refractivity contribution in [3.8, 4) is 11.4 Å². The van der Waals surface area contributed by atoms with Gasteiger partial charge < -0.3 is 9.80 Å². The van der Waals surface area contributed by atoms with E-state index in [9.17, 15) is 18.0 Å². The predicted octanol–water partition coefficient (Wildman–Crippen LogP) is 4.72. The lowest BCUT2D eigenvalue weighted by Crippen LogP contribution is -2.49. The van der Waals surface area contributed by atoms with Crippen molar-refractivity contribution < 1.29 is 18.0 Å². The summed E-state index contributed by atoms with van der Waals surface area (Å²) in [6.45, 7) is 2.23. The second kappa shape index (κ2) is 8.97. The van der Waals surface area contributed by atoms with Crippen LogP contribution in [-0.4, -0.2) is 52.5 Å². The molecule has 1 fully saturated rings. The van der Waals surface area contributed by atoms with Crippen LogP contribution in [0.3, 0.4) is 0 Å². The van der Waals surface area contributed by atoms with Crippen molar-refractivity contribution in [2.45, 2.75) is 10.4 Å². The van der Waals surface area contributed by atoms with Gasteiger partial charge in [0.2, 0.25) is 0 Å². The lowest BCUT2D eigenvalue weighted by atomic mass is 10.2. The minimum Gasteiger partial charge on any atom is -0.353 e. The number of benzene rings is 2. The molecule has 0 spiro atoms. The molecule has 4 rings (SSSR count). The first-order valence-electron chi connectivity index (χ1n) is 9.67. The smallest absolute Gasteiger partial charge is 0.353 e. The van der Waals surface area contributed by atoms with Gasteiger partial charge in [0.1, 0.15) is 5.82 Å². The lowest BCUT2D eigenvalue weighted by molar-refractivity contribution is -0.0328. The van der Waals surface area contributed by atoms with Gasteiger partial charge in [0.15, 0.2) is 5.82 Å². The molecule has 1 amide bonds. The van der Waals surface area contributed by atoms with Crippen molar-refractivity contribution in [2.24, 2.45) is 0 Å². The molecule has 2 heterocycles. The maximum atomic E-state index is 12.7. The van der Waals surface area contributed by atoms with Crippen LogP contribution in [0.25, 0.3) is 11.4 Å². The number of carbonyl (C=O) groups excluding carboxylic acids is 1. The third kappa shape index (κ3) is 5.35. The van der Waals surface area contributed by atoms with Crippen LogP contribution in [0.15, 0.2) is 71.8 Å². The van der Waals surface area contributed by atoms with Crippen molar-refractivity contribution in [2.75, 3.05) is 31.1 Å². The van der Waals surface area contributed by atoms with Crippen LogP contribution in [0.2, 0.25) is 0 Å². The van der Waals surface area contributed by atoms with E-state index in [0.717, 1.165) is 11.4 Å². The Bertz CT molecular complexity index is 1040. The SMILES string of the molecule is O=C(c1ccc(SC(F)(F)F)cc1)N1CCN(c2ccnc(-c3ccccc3)n2)CC1. The number of anilines is 1. The van der Waals surface area contributed by atoms with E-state index in [-0.39, 0.29) is 22.6 Å². The number of nitrogens with zero attached hydrogens (tertiary/aromatic N) is 4. The molecular weight excluding hydrogens is 425 g/mol. The Morgan fingerprint density at radius 3 is 2.23 bits per heavy atom. The van der Waals surface area contributed by atoms with E-state index in [2.05, 4.69) is 14.9 Å². The van der Waals surface area contributed by atoms with Crippen molar-refractivity contribution >= 4 is 23.5 Å².